The van der Waals surface area contributed by atoms with E-state index >= 15 is 0 Å². The number of halogens is 2. The SMILES string of the molecule is CCOC(=O)C1=C(C)N=c2s/c(=C\c3ccc(-c4cc(Cl)ccc4Cl)o3)c(=O)n2C1c1ccc2c(c1)OCO2. The van der Waals surface area contributed by atoms with E-state index in [9.17, 15) is 9.59 Å². The molecule has 1 unspecified atom stereocenters. The summed E-state index contributed by atoms with van der Waals surface area (Å²) in [6.07, 6.45) is 1.64. The lowest BCUT2D eigenvalue weighted by atomic mass is 9.95. The van der Waals surface area contributed by atoms with E-state index in [-0.39, 0.29) is 24.5 Å². The topological polar surface area (TPSA) is 92.3 Å². The summed E-state index contributed by atoms with van der Waals surface area (Å²) in [6.45, 7) is 3.75. The Bertz CT molecular complexity index is 1850. The molecular formula is C28H20Cl2N2O6S. The van der Waals surface area contributed by atoms with Gasteiger partial charge in [0.05, 0.1) is 33.5 Å². The second kappa shape index (κ2) is 10.1. The smallest absolute Gasteiger partial charge is 0.338 e. The minimum Gasteiger partial charge on any atom is -0.463 e. The van der Waals surface area contributed by atoms with E-state index in [0.717, 1.165) is 0 Å². The third-order valence-electron chi connectivity index (χ3n) is 6.32. The van der Waals surface area contributed by atoms with E-state index in [1.54, 1.807) is 68.5 Å². The second-order valence-electron chi connectivity index (χ2n) is 8.74. The number of thiazole rings is 1. The highest BCUT2D eigenvalue weighted by Crippen LogP contribution is 2.38. The number of allylic oxidation sites excluding steroid dienone is 1. The number of carbonyl (C=O) groups is 1. The molecule has 0 N–H and O–H groups in total. The van der Waals surface area contributed by atoms with Crippen molar-refractivity contribution in [1.82, 2.24) is 4.57 Å². The van der Waals surface area contributed by atoms with E-state index in [1.165, 1.54) is 15.9 Å². The molecule has 2 aliphatic rings. The molecule has 4 heterocycles. The van der Waals surface area contributed by atoms with Gasteiger partial charge in [-0.25, -0.2) is 9.79 Å². The van der Waals surface area contributed by atoms with Crippen LogP contribution in [-0.4, -0.2) is 23.9 Å². The first kappa shape index (κ1) is 25.5. The van der Waals surface area contributed by atoms with Gasteiger partial charge in [0.1, 0.15) is 11.5 Å². The lowest BCUT2D eigenvalue weighted by Crippen LogP contribution is -2.39. The number of rotatable bonds is 5. The predicted octanol–water partition coefficient (Wildman–Crippen LogP) is 5.09. The van der Waals surface area contributed by atoms with Gasteiger partial charge in [0.2, 0.25) is 6.79 Å². The number of aromatic nitrogens is 1. The summed E-state index contributed by atoms with van der Waals surface area (Å²) < 4.78 is 24.2. The summed E-state index contributed by atoms with van der Waals surface area (Å²) in [6, 6.07) is 13.2. The van der Waals surface area contributed by atoms with Crippen molar-refractivity contribution in [3.63, 3.8) is 0 Å². The molecule has 8 nitrogen and oxygen atoms in total. The summed E-state index contributed by atoms with van der Waals surface area (Å²) in [5.41, 5.74) is 1.74. The number of ether oxygens (including phenoxy) is 3. The number of hydrogen-bond acceptors (Lipinski definition) is 8. The quantitative estimate of drug-likeness (QED) is 0.304. The van der Waals surface area contributed by atoms with Gasteiger partial charge in [-0.1, -0.05) is 40.6 Å². The fraction of sp³-hybridized carbons (Fsp3) is 0.179. The Hall–Kier alpha value is -3.79. The van der Waals surface area contributed by atoms with Gasteiger partial charge in [0.15, 0.2) is 16.3 Å². The Morgan fingerprint density at radius 1 is 1.15 bits per heavy atom. The Balaban J connectivity index is 1.48. The number of fused-ring (bicyclic) bond motifs is 2. The predicted molar refractivity (Wildman–Crippen MR) is 147 cm³/mol. The van der Waals surface area contributed by atoms with E-state index in [4.69, 9.17) is 41.8 Å². The Labute approximate surface area is 236 Å². The standard InChI is InChI=1S/C28H20Cl2N2O6S/c1-3-35-27(34)24-14(2)31-28-32(25(24)15-4-8-21-22(10-15)37-13-36-21)26(33)23(39-28)12-17-6-9-20(38-17)18-11-16(29)5-7-19(18)30/h4-12,25H,3,13H2,1-2H3/b23-12-. The fourth-order valence-corrected chi connectivity index (χ4v) is 5.99. The van der Waals surface area contributed by atoms with Crippen molar-refractivity contribution in [3.8, 4) is 22.8 Å². The van der Waals surface area contributed by atoms with E-state index in [1.807, 2.05) is 0 Å². The maximum absolute atomic E-state index is 13.8. The van der Waals surface area contributed by atoms with Crippen molar-refractivity contribution in [2.24, 2.45) is 4.99 Å². The molecule has 0 saturated heterocycles. The fourth-order valence-electron chi connectivity index (χ4n) is 4.58. The molecule has 0 aliphatic carbocycles. The van der Waals surface area contributed by atoms with Crippen LogP contribution in [0.4, 0.5) is 0 Å². The summed E-state index contributed by atoms with van der Waals surface area (Å²) in [5, 5.41) is 1.02. The van der Waals surface area contributed by atoms with Gasteiger partial charge in [-0.15, -0.1) is 0 Å². The molecular weight excluding hydrogens is 563 g/mol. The van der Waals surface area contributed by atoms with Gasteiger partial charge in [-0.2, -0.15) is 0 Å². The largest absolute Gasteiger partial charge is 0.463 e. The molecule has 2 aromatic carbocycles. The summed E-state index contributed by atoms with van der Waals surface area (Å²) >= 11 is 13.7. The normalized spacial score (nSPS) is 16.3. The molecule has 2 aliphatic heterocycles. The highest BCUT2D eigenvalue weighted by Gasteiger charge is 2.34. The average molecular weight is 583 g/mol. The first-order chi connectivity index (χ1) is 18.8. The molecule has 0 radical (unpaired) electrons. The van der Waals surface area contributed by atoms with Crippen molar-refractivity contribution >= 4 is 46.6 Å². The molecule has 0 saturated carbocycles. The molecule has 6 rings (SSSR count). The minimum absolute atomic E-state index is 0.104. The Kier molecular flexibility index (Phi) is 6.58. The van der Waals surface area contributed by atoms with Crippen LogP contribution >= 0.6 is 34.5 Å². The molecule has 4 aromatic rings. The number of furan rings is 1. The minimum atomic E-state index is -0.769. The van der Waals surface area contributed by atoms with Crippen LogP contribution in [0.5, 0.6) is 11.5 Å². The van der Waals surface area contributed by atoms with E-state index in [2.05, 4.69) is 4.99 Å². The summed E-state index contributed by atoms with van der Waals surface area (Å²) in [7, 11) is 0. The molecule has 0 bridgehead atoms. The van der Waals surface area contributed by atoms with Gasteiger partial charge in [0, 0.05) is 16.7 Å². The molecule has 0 spiro atoms. The molecule has 1 atom stereocenters. The number of benzene rings is 2. The van der Waals surface area contributed by atoms with Crippen molar-refractivity contribution in [1.29, 1.82) is 0 Å². The third kappa shape index (κ3) is 4.56. The second-order valence-corrected chi connectivity index (χ2v) is 10.6. The molecule has 39 heavy (non-hydrogen) atoms. The summed E-state index contributed by atoms with van der Waals surface area (Å²) in [4.78, 5) is 31.9. The van der Waals surface area contributed by atoms with Crippen LogP contribution in [0.3, 0.4) is 0 Å². The third-order valence-corrected chi connectivity index (χ3v) is 7.87. The van der Waals surface area contributed by atoms with Crippen LogP contribution in [0.2, 0.25) is 10.0 Å². The number of carbonyl (C=O) groups excluding carboxylic acids is 1. The van der Waals surface area contributed by atoms with Gasteiger partial charge in [-0.3, -0.25) is 9.36 Å². The van der Waals surface area contributed by atoms with Crippen LogP contribution < -0.4 is 24.4 Å². The Morgan fingerprint density at radius 2 is 1.97 bits per heavy atom. The molecule has 11 heteroatoms. The molecule has 2 aromatic heterocycles. The van der Waals surface area contributed by atoms with Crippen LogP contribution in [-0.2, 0) is 9.53 Å². The molecule has 198 valence electrons. The van der Waals surface area contributed by atoms with Gasteiger partial charge in [-0.05, 0) is 61.9 Å². The highest BCUT2D eigenvalue weighted by atomic mass is 35.5. The van der Waals surface area contributed by atoms with Gasteiger partial charge >= 0.3 is 5.97 Å². The first-order valence-electron chi connectivity index (χ1n) is 12.0. The van der Waals surface area contributed by atoms with E-state index in [0.29, 0.717) is 59.2 Å². The maximum atomic E-state index is 13.8. The lowest BCUT2D eigenvalue weighted by molar-refractivity contribution is -0.139. The first-order valence-corrected chi connectivity index (χ1v) is 13.6. The van der Waals surface area contributed by atoms with Crippen molar-refractivity contribution in [3.05, 3.63) is 101 Å². The molecule has 0 amide bonds. The average Bonchev–Trinajstić information content (AvgIpc) is 3.64. The number of nitrogens with zero attached hydrogens (tertiary/aromatic N) is 2. The van der Waals surface area contributed by atoms with Crippen LogP contribution in [0.25, 0.3) is 17.4 Å². The number of esters is 1. The monoisotopic (exact) mass is 582 g/mol. The highest BCUT2D eigenvalue weighted by molar-refractivity contribution is 7.07. The zero-order chi connectivity index (χ0) is 27.3. The van der Waals surface area contributed by atoms with Crippen molar-refractivity contribution in [2.45, 2.75) is 19.9 Å². The molecule has 0 fully saturated rings. The lowest BCUT2D eigenvalue weighted by Gasteiger charge is -2.24. The van der Waals surface area contributed by atoms with Crippen LogP contribution in [0.1, 0.15) is 31.2 Å². The number of hydrogen-bond donors (Lipinski definition) is 0. The van der Waals surface area contributed by atoms with Crippen LogP contribution in [0, 0.1) is 0 Å². The van der Waals surface area contributed by atoms with Crippen molar-refractivity contribution in [2.75, 3.05) is 13.4 Å². The van der Waals surface area contributed by atoms with Crippen molar-refractivity contribution < 1.29 is 23.4 Å². The maximum Gasteiger partial charge on any atom is 0.338 e. The zero-order valence-corrected chi connectivity index (χ0v) is 23.0. The van der Waals surface area contributed by atoms with Crippen LogP contribution in [0.15, 0.2) is 74.0 Å². The Morgan fingerprint density at radius 3 is 2.79 bits per heavy atom. The van der Waals surface area contributed by atoms with Gasteiger partial charge in [0.25, 0.3) is 5.56 Å². The van der Waals surface area contributed by atoms with Gasteiger partial charge < -0.3 is 18.6 Å². The van der Waals surface area contributed by atoms with E-state index < -0.39 is 12.0 Å². The summed E-state index contributed by atoms with van der Waals surface area (Å²) in [5.74, 6) is 1.56. The zero-order valence-electron chi connectivity index (χ0n) is 20.7.